The first-order valence-corrected chi connectivity index (χ1v) is 2.64. The summed E-state index contributed by atoms with van der Waals surface area (Å²) in [5.41, 5.74) is 0. The molecule has 0 aliphatic heterocycles. The normalized spacial score (nSPS) is 12.6. The summed E-state index contributed by atoms with van der Waals surface area (Å²) in [6.07, 6.45) is 0. The third-order valence-corrected chi connectivity index (χ3v) is 1.02. The van der Waals surface area contributed by atoms with Gasteiger partial charge in [0.1, 0.15) is 4.91 Å². The lowest BCUT2D eigenvalue weighted by atomic mass is 10.7. The predicted octanol–water partition coefficient (Wildman–Crippen LogP) is -0.536. The first-order chi connectivity index (χ1) is 3.55. The minimum absolute atomic E-state index is 0.815. The quantitative estimate of drug-likeness (QED) is 0.407. The molecular weight excluding hydrogens is 132 g/mol. The highest BCUT2D eigenvalue weighted by Crippen LogP contribution is 1.91. The van der Waals surface area contributed by atoms with Crippen molar-refractivity contribution in [3.8, 4) is 0 Å². The number of carboxylic acid groups (broad SMARTS) is 1. The Kier molecular flexibility index (Phi) is 2.36. The fraction of sp³-hybridized carbons (Fsp3) is 0. The zero-order valence-corrected chi connectivity index (χ0v) is 4.60. The van der Waals surface area contributed by atoms with Crippen LogP contribution in [0.2, 0.25) is 0 Å². The maximum Gasteiger partial charge on any atom is 0.342 e. The van der Waals surface area contributed by atoms with Crippen molar-refractivity contribution in [3.63, 3.8) is 0 Å². The van der Waals surface area contributed by atoms with Crippen molar-refractivity contribution >= 4 is 17.0 Å². The van der Waals surface area contributed by atoms with Gasteiger partial charge in [-0.1, -0.05) is 6.58 Å². The van der Waals surface area contributed by atoms with Gasteiger partial charge in [-0.3, -0.25) is 4.21 Å². The van der Waals surface area contributed by atoms with Crippen LogP contribution >= 0.6 is 0 Å². The summed E-state index contributed by atoms with van der Waals surface area (Å²) in [4.78, 5) is 8.83. The van der Waals surface area contributed by atoms with E-state index in [4.69, 9.17) is 5.11 Å². The molecule has 0 spiro atoms. The summed E-state index contributed by atoms with van der Waals surface area (Å²) >= 11 is -2.68. The third-order valence-electron chi connectivity index (χ3n) is 0.440. The highest BCUT2D eigenvalue weighted by Gasteiger charge is 2.01. The minimum Gasteiger partial charge on any atom is -0.768 e. The largest absolute Gasteiger partial charge is 0.768 e. The second-order valence-electron chi connectivity index (χ2n) is 0.963. The summed E-state index contributed by atoms with van der Waals surface area (Å²) in [6, 6.07) is 0. The fourth-order valence-electron chi connectivity index (χ4n) is 0.0713. The summed E-state index contributed by atoms with van der Waals surface area (Å²) < 4.78 is 19.3. The van der Waals surface area contributed by atoms with Gasteiger partial charge < -0.3 is 9.66 Å². The Morgan fingerprint density at radius 3 is 2.12 bits per heavy atom. The third kappa shape index (κ3) is 1.85. The highest BCUT2D eigenvalue weighted by molar-refractivity contribution is 7.84. The molecule has 0 aromatic rings. The Bertz CT molecular complexity index is 133. The zero-order valence-electron chi connectivity index (χ0n) is 3.79. The number of hydrogen-bond donors (Lipinski definition) is 1. The molecule has 0 saturated carbocycles. The van der Waals surface area contributed by atoms with Gasteiger partial charge in [-0.05, 0) is 11.1 Å². The van der Waals surface area contributed by atoms with Crippen LogP contribution < -0.4 is 0 Å². The molecule has 0 fully saturated rings. The monoisotopic (exact) mass is 135 g/mol. The molecular formula is C3H3O4S-. The lowest BCUT2D eigenvalue weighted by Crippen LogP contribution is -2.03. The molecule has 1 atom stereocenters. The van der Waals surface area contributed by atoms with E-state index >= 15 is 0 Å². The van der Waals surface area contributed by atoms with Crippen LogP contribution in [0.3, 0.4) is 0 Å². The molecule has 0 aliphatic carbocycles. The molecule has 1 unspecified atom stereocenters. The van der Waals surface area contributed by atoms with Crippen LogP contribution in [0.5, 0.6) is 0 Å². The van der Waals surface area contributed by atoms with Gasteiger partial charge in [-0.2, -0.15) is 0 Å². The molecule has 0 amide bonds. The summed E-state index contributed by atoms with van der Waals surface area (Å²) in [5, 5.41) is 7.86. The van der Waals surface area contributed by atoms with Crippen LogP contribution in [0.25, 0.3) is 0 Å². The molecule has 0 aromatic heterocycles. The van der Waals surface area contributed by atoms with Gasteiger partial charge in [0.25, 0.3) is 0 Å². The van der Waals surface area contributed by atoms with Crippen molar-refractivity contribution in [2.24, 2.45) is 0 Å². The van der Waals surface area contributed by atoms with Crippen molar-refractivity contribution < 1.29 is 18.7 Å². The number of rotatable bonds is 2. The minimum atomic E-state index is -2.68. The Balaban J connectivity index is 4.05. The van der Waals surface area contributed by atoms with Crippen molar-refractivity contribution in [2.45, 2.75) is 0 Å². The van der Waals surface area contributed by atoms with E-state index in [2.05, 4.69) is 6.58 Å². The van der Waals surface area contributed by atoms with E-state index in [1.807, 2.05) is 0 Å². The van der Waals surface area contributed by atoms with E-state index in [0.717, 1.165) is 0 Å². The molecule has 0 aliphatic rings. The topological polar surface area (TPSA) is 77.4 Å². The van der Waals surface area contributed by atoms with Gasteiger partial charge in [0, 0.05) is 0 Å². The van der Waals surface area contributed by atoms with Crippen molar-refractivity contribution in [2.75, 3.05) is 0 Å². The maximum atomic E-state index is 9.66. The first kappa shape index (κ1) is 7.32. The van der Waals surface area contributed by atoms with Crippen molar-refractivity contribution in [1.29, 1.82) is 0 Å². The second-order valence-corrected chi connectivity index (χ2v) is 1.93. The van der Waals surface area contributed by atoms with E-state index in [1.165, 1.54) is 0 Å². The van der Waals surface area contributed by atoms with Gasteiger partial charge in [-0.15, -0.1) is 0 Å². The number of carboxylic acids is 1. The van der Waals surface area contributed by atoms with Crippen LogP contribution in [-0.4, -0.2) is 19.8 Å². The van der Waals surface area contributed by atoms with Crippen molar-refractivity contribution in [1.82, 2.24) is 0 Å². The highest BCUT2D eigenvalue weighted by atomic mass is 32.2. The Morgan fingerprint density at radius 2 is 2.12 bits per heavy atom. The summed E-state index contributed by atoms with van der Waals surface area (Å²) in [7, 11) is 0. The smallest absolute Gasteiger partial charge is 0.342 e. The summed E-state index contributed by atoms with van der Waals surface area (Å²) in [6.45, 7) is 2.74. The summed E-state index contributed by atoms with van der Waals surface area (Å²) in [5.74, 6) is -1.52. The van der Waals surface area contributed by atoms with E-state index in [9.17, 15) is 13.6 Å². The van der Waals surface area contributed by atoms with Crippen LogP contribution in [0, 0.1) is 0 Å². The molecule has 0 radical (unpaired) electrons. The molecule has 0 heterocycles. The molecule has 8 heavy (non-hydrogen) atoms. The standard InChI is InChI=1S/C3H4O4S/c1-2(3(4)5)8(6)7/h1H2,(H,4,5)(H,6,7)/p-1. The molecule has 0 saturated heterocycles. The molecule has 1 N–H and O–H groups in total. The van der Waals surface area contributed by atoms with E-state index in [0.29, 0.717) is 0 Å². The average Bonchev–Trinajstić information content (AvgIpc) is 1.64. The number of aliphatic carboxylic acids is 1. The van der Waals surface area contributed by atoms with Crippen LogP contribution in [-0.2, 0) is 15.9 Å². The van der Waals surface area contributed by atoms with E-state index < -0.39 is 22.0 Å². The molecule has 0 aromatic carbocycles. The Morgan fingerprint density at radius 1 is 1.75 bits per heavy atom. The lowest BCUT2D eigenvalue weighted by molar-refractivity contribution is -0.131. The van der Waals surface area contributed by atoms with Crippen molar-refractivity contribution in [3.05, 3.63) is 11.5 Å². The van der Waals surface area contributed by atoms with E-state index in [1.54, 1.807) is 0 Å². The number of hydrogen-bond acceptors (Lipinski definition) is 3. The first-order valence-electron chi connectivity index (χ1n) is 1.57. The molecule has 5 heteroatoms. The predicted molar refractivity (Wildman–Crippen MR) is 25.7 cm³/mol. The Hall–Kier alpha value is -0.680. The van der Waals surface area contributed by atoms with Gasteiger partial charge in [0.15, 0.2) is 0 Å². The lowest BCUT2D eigenvalue weighted by Gasteiger charge is -2.00. The van der Waals surface area contributed by atoms with E-state index in [-0.39, 0.29) is 0 Å². The SMILES string of the molecule is C=C(C(=O)O)S(=O)[O-]. The van der Waals surface area contributed by atoms with Gasteiger partial charge in [0.2, 0.25) is 0 Å². The maximum absolute atomic E-state index is 9.66. The fourth-order valence-corrected chi connectivity index (χ4v) is 0.214. The second kappa shape index (κ2) is 2.58. The van der Waals surface area contributed by atoms with Crippen LogP contribution in [0.1, 0.15) is 0 Å². The molecule has 0 rings (SSSR count). The molecule has 4 nitrogen and oxygen atoms in total. The molecule has 0 bridgehead atoms. The Labute approximate surface area is 48.1 Å². The molecule has 46 valence electrons. The number of carbonyl (C=O) groups is 1. The van der Waals surface area contributed by atoms with Gasteiger partial charge >= 0.3 is 5.97 Å². The average molecular weight is 135 g/mol. The van der Waals surface area contributed by atoms with Crippen LogP contribution in [0.15, 0.2) is 11.5 Å². The zero-order chi connectivity index (χ0) is 6.73. The van der Waals surface area contributed by atoms with Crippen LogP contribution in [0.4, 0.5) is 0 Å². The van der Waals surface area contributed by atoms with Gasteiger partial charge in [-0.25, -0.2) is 4.79 Å². The van der Waals surface area contributed by atoms with Gasteiger partial charge in [0.05, 0.1) is 0 Å².